The molecule has 2 aliphatic rings. The van der Waals surface area contributed by atoms with Gasteiger partial charge in [-0.1, -0.05) is 52.0 Å². The van der Waals surface area contributed by atoms with E-state index in [2.05, 4.69) is 22.7 Å². The maximum absolute atomic E-state index is 12.6. The van der Waals surface area contributed by atoms with E-state index in [1.807, 2.05) is 34.7 Å². The van der Waals surface area contributed by atoms with E-state index in [0.717, 1.165) is 6.54 Å². The van der Waals surface area contributed by atoms with Gasteiger partial charge in [0.1, 0.15) is 24.8 Å². The van der Waals surface area contributed by atoms with Gasteiger partial charge in [0.2, 0.25) is 0 Å². The number of carbonyl (C=O) groups is 1. The van der Waals surface area contributed by atoms with E-state index in [4.69, 9.17) is 27.5 Å². The van der Waals surface area contributed by atoms with Crippen molar-refractivity contribution < 1.29 is 18.7 Å². The molecule has 0 bridgehead atoms. The Bertz CT molecular complexity index is 954. The van der Waals surface area contributed by atoms with Gasteiger partial charge in [0, 0.05) is 17.2 Å². The second-order valence-electron chi connectivity index (χ2n) is 9.04. The van der Waals surface area contributed by atoms with Gasteiger partial charge in [0.25, 0.3) is 0 Å². The molecule has 0 radical (unpaired) electrons. The summed E-state index contributed by atoms with van der Waals surface area (Å²) in [5.74, 6) is 3.62. The van der Waals surface area contributed by atoms with Crippen LogP contribution in [0.15, 0.2) is 70.9 Å². The van der Waals surface area contributed by atoms with Crippen LogP contribution in [-0.2, 0) is 9.47 Å². The van der Waals surface area contributed by atoms with Crippen LogP contribution in [0, 0.1) is 12.3 Å². The molecule has 6 nitrogen and oxygen atoms in total. The molecule has 1 amide bonds. The van der Waals surface area contributed by atoms with Crippen LogP contribution in [0.1, 0.15) is 74.1 Å². The molecule has 42 heavy (non-hydrogen) atoms. The van der Waals surface area contributed by atoms with Crippen molar-refractivity contribution in [2.45, 2.75) is 80.2 Å². The molecular weight excluding hydrogens is 553 g/mol. The van der Waals surface area contributed by atoms with E-state index in [9.17, 15) is 9.18 Å². The predicted molar refractivity (Wildman–Crippen MR) is 178 cm³/mol. The molecule has 238 valence electrons. The van der Waals surface area contributed by atoms with E-state index < -0.39 is 18.8 Å². The highest BCUT2D eigenvalue weighted by Crippen LogP contribution is 2.24. The molecule has 1 N–H and O–H groups in total. The number of nitrogens with zero attached hydrogens (tertiary/aromatic N) is 2. The summed E-state index contributed by atoms with van der Waals surface area (Å²) in [4.78, 5) is 16.0. The van der Waals surface area contributed by atoms with E-state index in [-0.39, 0.29) is 6.61 Å². The fourth-order valence-electron chi connectivity index (χ4n) is 3.83. The molecule has 2 saturated heterocycles. The van der Waals surface area contributed by atoms with Crippen molar-refractivity contribution in [2.75, 3.05) is 46.5 Å². The summed E-state index contributed by atoms with van der Waals surface area (Å²) in [7, 11) is 2.02. The number of cyclic esters (lactones) is 1. The van der Waals surface area contributed by atoms with Crippen molar-refractivity contribution in [1.82, 2.24) is 15.1 Å². The molecule has 2 heterocycles. The van der Waals surface area contributed by atoms with Crippen LogP contribution in [0.2, 0.25) is 0 Å². The van der Waals surface area contributed by atoms with Gasteiger partial charge >= 0.3 is 6.09 Å². The third-order valence-corrected chi connectivity index (χ3v) is 6.02. The van der Waals surface area contributed by atoms with Crippen molar-refractivity contribution in [3.8, 4) is 12.3 Å². The SMILES string of the molecule is C#CC/C=C(\C=C/C(=C)N1C(=O)OC[C@@H]1/C(C)=C/CF)O/C(C)=C/C=C(\C)Cl.CC.CC.CNCCCN1CCCC1. The Labute approximate surface area is 261 Å². The fraction of sp³-hybridized carbons (Fsp3) is 0.559. The number of terminal acetylenes is 1. The quantitative estimate of drug-likeness (QED) is 0.0748. The zero-order valence-electron chi connectivity index (χ0n) is 27.3. The first-order valence-corrected chi connectivity index (χ1v) is 15.4. The third kappa shape index (κ3) is 18.6. The van der Waals surface area contributed by atoms with Crippen LogP contribution in [0.3, 0.4) is 0 Å². The lowest BCUT2D eigenvalue weighted by molar-refractivity contribution is 0.165. The molecule has 2 fully saturated rings. The summed E-state index contributed by atoms with van der Waals surface area (Å²) in [6, 6.07) is -0.391. The molecule has 0 aliphatic carbocycles. The first-order chi connectivity index (χ1) is 20.2. The molecule has 2 rings (SSSR count). The second kappa shape index (κ2) is 27.1. The Morgan fingerprint density at radius 2 is 1.81 bits per heavy atom. The maximum Gasteiger partial charge on any atom is 0.415 e. The van der Waals surface area contributed by atoms with Crippen molar-refractivity contribution >= 4 is 17.7 Å². The second-order valence-corrected chi connectivity index (χ2v) is 9.64. The number of ether oxygens (including phenoxy) is 2. The van der Waals surface area contributed by atoms with Gasteiger partial charge in [-0.2, -0.15) is 0 Å². The number of hydrogen-bond acceptors (Lipinski definition) is 5. The molecule has 0 unspecified atom stereocenters. The minimum Gasteiger partial charge on any atom is -0.462 e. The number of carbonyl (C=O) groups excluding carboxylic acids is 1. The van der Waals surface area contributed by atoms with Crippen LogP contribution >= 0.6 is 11.6 Å². The Balaban J connectivity index is 0. The van der Waals surface area contributed by atoms with E-state index in [0.29, 0.717) is 34.2 Å². The third-order valence-electron chi connectivity index (χ3n) is 5.89. The summed E-state index contributed by atoms with van der Waals surface area (Å²) in [5.41, 5.74) is 1.09. The summed E-state index contributed by atoms with van der Waals surface area (Å²) in [6.07, 6.45) is 19.2. The average molecular weight is 608 g/mol. The summed E-state index contributed by atoms with van der Waals surface area (Å²) < 4.78 is 23.5. The average Bonchev–Trinajstić information content (AvgIpc) is 3.65. The van der Waals surface area contributed by atoms with Crippen LogP contribution in [0.4, 0.5) is 9.18 Å². The number of halogens is 2. The van der Waals surface area contributed by atoms with E-state index in [1.165, 1.54) is 49.9 Å². The highest BCUT2D eigenvalue weighted by Gasteiger charge is 2.35. The van der Waals surface area contributed by atoms with Gasteiger partial charge in [0.15, 0.2) is 0 Å². The zero-order valence-corrected chi connectivity index (χ0v) is 28.0. The van der Waals surface area contributed by atoms with Crippen molar-refractivity contribution in [3.05, 3.63) is 70.9 Å². The Morgan fingerprint density at radius 3 is 2.36 bits per heavy atom. The number of nitrogens with one attached hydrogen (secondary N) is 1. The minimum absolute atomic E-state index is 0.149. The summed E-state index contributed by atoms with van der Waals surface area (Å²) >= 11 is 5.81. The van der Waals surface area contributed by atoms with Crippen LogP contribution in [0.25, 0.3) is 0 Å². The topological polar surface area (TPSA) is 54.0 Å². The van der Waals surface area contributed by atoms with Gasteiger partial charge in [-0.3, -0.25) is 4.90 Å². The molecule has 0 saturated carbocycles. The number of alkyl halides is 1. The minimum atomic E-state index is -0.610. The normalized spacial score (nSPS) is 17.8. The Hall–Kier alpha value is -2.79. The molecule has 0 spiro atoms. The predicted octanol–water partition coefficient (Wildman–Crippen LogP) is 8.51. The number of rotatable bonds is 13. The number of amides is 1. The van der Waals surface area contributed by atoms with Gasteiger partial charge < -0.3 is 19.7 Å². The molecule has 0 aromatic heterocycles. The molecule has 0 aromatic carbocycles. The first kappa shape index (κ1) is 41.3. The highest BCUT2D eigenvalue weighted by molar-refractivity contribution is 6.29. The van der Waals surface area contributed by atoms with Crippen LogP contribution in [0.5, 0.6) is 0 Å². The lowest BCUT2D eigenvalue weighted by atomic mass is 10.1. The first-order valence-electron chi connectivity index (χ1n) is 15.0. The largest absolute Gasteiger partial charge is 0.462 e. The highest BCUT2D eigenvalue weighted by atomic mass is 35.5. The number of hydrogen-bond donors (Lipinski definition) is 1. The zero-order chi connectivity index (χ0) is 32.3. The molecular formula is C34H55ClFN3O3. The Morgan fingerprint density at radius 1 is 1.17 bits per heavy atom. The van der Waals surface area contributed by atoms with E-state index in [1.54, 1.807) is 51.2 Å². The van der Waals surface area contributed by atoms with E-state index >= 15 is 0 Å². The van der Waals surface area contributed by atoms with Crippen LogP contribution < -0.4 is 5.32 Å². The summed E-state index contributed by atoms with van der Waals surface area (Å²) in [6.45, 7) is 21.9. The molecule has 1 atom stereocenters. The lowest BCUT2D eigenvalue weighted by Crippen LogP contribution is -2.32. The smallest absolute Gasteiger partial charge is 0.415 e. The standard InChI is InChI=1S/C22H25ClFNO3.C8H18N2.2C2H6/c1-6-7-8-20(28-19(5)11-9-17(3)23)12-10-18(4)25-21(15-27-22(25)26)16(2)13-14-24;1-9-5-4-8-10-6-2-3-7-10;2*1-2/h1,8-13,21H,4,7,14-15H2,2-3,5H3;9H,2-8H2,1H3;2*1-2H3/b12-10-,16-13+,17-9+,19-11+,20-8+;;;/t21-;;;/m1.../s1. The van der Waals surface area contributed by atoms with Crippen molar-refractivity contribution in [1.29, 1.82) is 0 Å². The van der Waals surface area contributed by atoms with Gasteiger partial charge in [0.05, 0.1) is 6.04 Å². The number of allylic oxidation sites excluding steroid dienone is 8. The molecule has 8 heteroatoms. The monoisotopic (exact) mass is 607 g/mol. The maximum atomic E-state index is 12.6. The molecule has 2 aliphatic heterocycles. The van der Waals surface area contributed by atoms with Gasteiger partial charge in [-0.25, -0.2) is 9.18 Å². The van der Waals surface area contributed by atoms with Crippen molar-refractivity contribution in [2.24, 2.45) is 0 Å². The van der Waals surface area contributed by atoms with Crippen LogP contribution in [-0.4, -0.2) is 68.4 Å². The van der Waals surface area contributed by atoms with Crippen molar-refractivity contribution in [3.63, 3.8) is 0 Å². The Kier molecular flexibility index (Phi) is 26.6. The van der Waals surface area contributed by atoms with Gasteiger partial charge in [-0.15, -0.1) is 12.3 Å². The van der Waals surface area contributed by atoms with Gasteiger partial charge in [-0.05, 0) is 109 Å². The fourth-order valence-corrected chi connectivity index (χ4v) is 3.89. The lowest BCUT2D eigenvalue weighted by Gasteiger charge is -2.22. The number of likely N-dealkylation sites (tertiary alicyclic amines) is 1. The molecule has 0 aromatic rings. The summed E-state index contributed by atoms with van der Waals surface area (Å²) in [5, 5.41) is 3.79.